The zero-order valence-electron chi connectivity index (χ0n) is 7.45. The van der Waals surface area contributed by atoms with E-state index in [-0.39, 0.29) is 0 Å². The molecule has 0 heterocycles. The molecule has 0 aliphatic carbocycles. The summed E-state index contributed by atoms with van der Waals surface area (Å²) in [7, 11) is 0. The highest BCUT2D eigenvalue weighted by Gasteiger charge is 1.94. The van der Waals surface area contributed by atoms with Gasteiger partial charge in [-0.2, -0.15) is 0 Å². The van der Waals surface area contributed by atoms with Crippen molar-refractivity contribution in [3.63, 3.8) is 0 Å². The van der Waals surface area contributed by atoms with E-state index < -0.39 is 0 Å². The van der Waals surface area contributed by atoms with Gasteiger partial charge in [-0.3, -0.25) is 0 Å². The average molecular weight is 163 g/mol. The highest BCUT2D eigenvalue weighted by atomic mass is 16.6. The van der Waals surface area contributed by atoms with Gasteiger partial charge < -0.3 is 4.84 Å². The molecule has 0 aliphatic heterocycles. The molecule has 12 heavy (non-hydrogen) atoms. The Morgan fingerprint density at radius 2 is 2.17 bits per heavy atom. The number of benzene rings is 1. The van der Waals surface area contributed by atoms with Gasteiger partial charge in [-0.1, -0.05) is 29.4 Å². The van der Waals surface area contributed by atoms with Crippen molar-refractivity contribution < 1.29 is 4.84 Å². The van der Waals surface area contributed by atoms with Crippen LogP contribution >= 0.6 is 0 Å². The van der Waals surface area contributed by atoms with Gasteiger partial charge in [0.2, 0.25) is 0 Å². The van der Waals surface area contributed by atoms with Gasteiger partial charge in [0.15, 0.2) is 0 Å². The number of nitrogens with zero attached hydrogens (tertiary/aromatic N) is 1. The maximum absolute atomic E-state index is 5.02. The van der Waals surface area contributed by atoms with Crippen LogP contribution in [-0.2, 0) is 11.4 Å². The van der Waals surface area contributed by atoms with Gasteiger partial charge in [-0.25, -0.2) is 0 Å². The summed E-state index contributed by atoms with van der Waals surface area (Å²) in [4.78, 5) is 5.02. The van der Waals surface area contributed by atoms with Gasteiger partial charge in [-0.05, 0) is 25.0 Å². The molecule has 0 fully saturated rings. The number of aryl methyl sites for hydroxylation is 1. The predicted molar refractivity (Wildman–Crippen MR) is 50.1 cm³/mol. The number of hydrogen-bond acceptors (Lipinski definition) is 2. The first kappa shape index (κ1) is 8.78. The van der Waals surface area contributed by atoms with Crippen LogP contribution in [0.2, 0.25) is 0 Å². The maximum Gasteiger partial charge on any atom is 0.142 e. The molecule has 0 aliphatic rings. The lowest BCUT2D eigenvalue weighted by Crippen LogP contribution is -1.89. The molecule has 0 radical (unpaired) electrons. The monoisotopic (exact) mass is 163 g/mol. The Morgan fingerprint density at radius 1 is 1.42 bits per heavy atom. The minimum Gasteiger partial charge on any atom is -0.391 e. The van der Waals surface area contributed by atoms with Crippen molar-refractivity contribution in [1.82, 2.24) is 0 Å². The van der Waals surface area contributed by atoms with E-state index in [0.29, 0.717) is 6.61 Å². The molecular formula is C10H13NO. The fraction of sp³-hybridized carbons (Fsp3) is 0.300. The molecule has 2 heteroatoms. The van der Waals surface area contributed by atoms with Gasteiger partial charge in [0.1, 0.15) is 6.61 Å². The van der Waals surface area contributed by atoms with Crippen LogP contribution in [0.25, 0.3) is 0 Å². The van der Waals surface area contributed by atoms with Crippen LogP contribution in [0.5, 0.6) is 0 Å². The van der Waals surface area contributed by atoms with E-state index in [1.807, 2.05) is 25.1 Å². The summed E-state index contributed by atoms with van der Waals surface area (Å²) in [5.74, 6) is 0. The van der Waals surface area contributed by atoms with Crippen molar-refractivity contribution in [3.8, 4) is 0 Å². The number of oxime groups is 1. The largest absolute Gasteiger partial charge is 0.391 e. The summed E-state index contributed by atoms with van der Waals surface area (Å²) in [6, 6.07) is 8.12. The van der Waals surface area contributed by atoms with E-state index in [2.05, 4.69) is 18.1 Å². The van der Waals surface area contributed by atoms with E-state index >= 15 is 0 Å². The Morgan fingerprint density at radius 3 is 2.83 bits per heavy atom. The predicted octanol–water partition coefficient (Wildman–Crippen LogP) is 2.52. The Kier molecular flexibility index (Phi) is 3.33. The molecule has 1 rings (SSSR count). The minimum atomic E-state index is 0.553. The van der Waals surface area contributed by atoms with Crippen LogP contribution < -0.4 is 0 Å². The molecule has 0 atom stereocenters. The fourth-order valence-corrected chi connectivity index (χ4v) is 0.953. The second-order valence-corrected chi connectivity index (χ2v) is 2.56. The van der Waals surface area contributed by atoms with E-state index in [4.69, 9.17) is 4.84 Å². The van der Waals surface area contributed by atoms with Crippen LogP contribution in [0.1, 0.15) is 18.1 Å². The van der Waals surface area contributed by atoms with Crippen LogP contribution in [-0.4, -0.2) is 6.21 Å². The average Bonchev–Trinajstić information content (AvgIpc) is 2.09. The Balaban J connectivity index is 2.57. The zero-order chi connectivity index (χ0) is 8.81. The summed E-state index contributed by atoms with van der Waals surface area (Å²) in [6.45, 7) is 4.45. The third-order valence-electron chi connectivity index (χ3n) is 1.66. The van der Waals surface area contributed by atoms with E-state index in [9.17, 15) is 0 Å². The molecule has 0 bridgehead atoms. The zero-order valence-corrected chi connectivity index (χ0v) is 7.45. The maximum atomic E-state index is 5.02. The van der Waals surface area contributed by atoms with Crippen LogP contribution in [0.4, 0.5) is 0 Å². The molecule has 0 saturated carbocycles. The molecule has 1 aromatic rings. The van der Waals surface area contributed by atoms with Crippen molar-refractivity contribution >= 4 is 6.21 Å². The van der Waals surface area contributed by atoms with Crippen molar-refractivity contribution in [2.75, 3.05) is 0 Å². The third kappa shape index (κ3) is 2.38. The first-order chi connectivity index (χ1) is 5.84. The van der Waals surface area contributed by atoms with Crippen molar-refractivity contribution in [2.24, 2.45) is 5.16 Å². The Bertz CT molecular complexity index is 268. The third-order valence-corrected chi connectivity index (χ3v) is 1.66. The Hall–Kier alpha value is -1.31. The molecule has 0 saturated heterocycles. The van der Waals surface area contributed by atoms with Crippen LogP contribution in [0.3, 0.4) is 0 Å². The summed E-state index contributed by atoms with van der Waals surface area (Å²) >= 11 is 0. The number of rotatable bonds is 3. The van der Waals surface area contributed by atoms with Gasteiger partial charge in [0.05, 0.1) is 0 Å². The smallest absolute Gasteiger partial charge is 0.142 e. The van der Waals surface area contributed by atoms with Gasteiger partial charge in [0.25, 0.3) is 0 Å². The lowest BCUT2D eigenvalue weighted by molar-refractivity contribution is 0.131. The lowest BCUT2D eigenvalue weighted by Gasteiger charge is -2.02. The van der Waals surface area contributed by atoms with Crippen LogP contribution in [0.15, 0.2) is 29.4 Å². The lowest BCUT2D eigenvalue weighted by atomic mass is 10.1. The first-order valence-corrected chi connectivity index (χ1v) is 3.99. The standard InChI is InChI=1S/C10H13NO/c1-3-11-12-8-10-7-5-4-6-9(10)2/h3-7H,8H2,1-2H3. The van der Waals surface area contributed by atoms with Gasteiger partial charge in [-0.15, -0.1) is 0 Å². The molecule has 64 valence electrons. The highest BCUT2D eigenvalue weighted by Crippen LogP contribution is 2.07. The molecule has 0 unspecified atom stereocenters. The summed E-state index contributed by atoms with van der Waals surface area (Å²) in [6.07, 6.45) is 1.64. The second-order valence-electron chi connectivity index (χ2n) is 2.56. The SMILES string of the molecule is CC=NOCc1ccccc1C. The second kappa shape index (κ2) is 4.54. The molecule has 2 nitrogen and oxygen atoms in total. The van der Waals surface area contributed by atoms with Gasteiger partial charge >= 0.3 is 0 Å². The summed E-state index contributed by atoms with van der Waals surface area (Å²) < 4.78 is 0. The van der Waals surface area contributed by atoms with Crippen LogP contribution in [0, 0.1) is 6.92 Å². The molecule has 0 aromatic heterocycles. The Labute approximate surface area is 72.9 Å². The number of hydrogen-bond donors (Lipinski definition) is 0. The van der Waals surface area contributed by atoms with Gasteiger partial charge in [0, 0.05) is 6.21 Å². The van der Waals surface area contributed by atoms with Crippen molar-refractivity contribution in [2.45, 2.75) is 20.5 Å². The van der Waals surface area contributed by atoms with E-state index in [1.54, 1.807) is 6.21 Å². The molecule has 1 aromatic carbocycles. The quantitative estimate of drug-likeness (QED) is 0.495. The molecule has 0 amide bonds. The summed E-state index contributed by atoms with van der Waals surface area (Å²) in [5, 5.41) is 3.68. The van der Waals surface area contributed by atoms with E-state index in [1.165, 1.54) is 11.1 Å². The topological polar surface area (TPSA) is 21.6 Å². The van der Waals surface area contributed by atoms with Crippen molar-refractivity contribution in [3.05, 3.63) is 35.4 Å². The normalized spacial score (nSPS) is 10.5. The van der Waals surface area contributed by atoms with Crippen molar-refractivity contribution in [1.29, 1.82) is 0 Å². The minimum absolute atomic E-state index is 0.553. The molecule has 0 spiro atoms. The molecule has 0 N–H and O–H groups in total. The first-order valence-electron chi connectivity index (χ1n) is 3.99. The van der Waals surface area contributed by atoms with E-state index in [0.717, 1.165) is 0 Å². The summed E-state index contributed by atoms with van der Waals surface area (Å²) in [5.41, 5.74) is 2.42. The highest BCUT2D eigenvalue weighted by molar-refractivity contribution is 5.52. The molecular weight excluding hydrogens is 150 g/mol. The fourth-order valence-electron chi connectivity index (χ4n) is 0.953.